The van der Waals surface area contributed by atoms with Gasteiger partial charge in [0.2, 0.25) is 0 Å². The van der Waals surface area contributed by atoms with Crippen molar-refractivity contribution in [1.82, 2.24) is 9.97 Å². The summed E-state index contributed by atoms with van der Waals surface area (Å²) in [6, 6.07) is 7.26. The van der Waals surface area contributed by atoms with Crippen LogP contribution in [0.3, 0.4) is 0 Å². The average molecular weight is 355 g/mol. The van der Waals surface area contributed by atoms with Crippen molar-refractivity contribution in [2.45, 2.75) is 45.4 Å². The summed E-state index contributed by atoms with van der Waals surface area (Å²) in [5, 5.41) is 18.4. The average Bonchev–Trinajstić information content (AvgIpc) is 2.94. The van der Waals surface area contributed by atoms with Crippen molar-refractivity contribution in [3.63, 3.8) is 0 Å². The van der Waals surface area contributed by atoms with E-state index in [-0.39, 0.29) is 24.0 Å². The predicted molar refractivity (Wildman–Crippen MR) is 102 cm³/mol. The van der Waals surface area contributed by atoms with Gasteiger partial charge < -0.3 is 20.5 Å². The third-order valence-electron chi connectivity index (χ3n) is 4.42. The van der Waals surface area contributed by atoms with Gasteiger partial charge in [-0.3, -0.25) is 5.41 Å². The van der Waals surface area contributed by atoms with Gasteiger partial charge in [0.25, 0.3) is 0 Å². The van der Waals surface area contributed by atoms with Gasteiger partial charge in [0.1, 0.15) is 17.9 Å². The Morgan fingerprint density at radius 2 is 2.12 bits per heavy atom. The molecule has 0 saturated carbocycles. The Balaban J connectivity index is 1.90. The summed E-state index contributed by atoms with van der Waals surface area (Å²) in [5.41, 5.74) is 7.84. The van der Waals surface area contributed by atoms with E-state index in [0.717, 1.165) is 0 Å². The number of aliphatic hydroxyl groups excluding tert-OH is 1. The largest absolute Gasteiger partial charge is 0.491 e. The molecule has 1 aromatic carbocycles. The zero-order chi connectivity index (χ0) is 18.8. The van der Waals surface area contributed by atoms with Crippen LogP contribution in [0.2, 0.25) is 0 Å². The first-order valence-electron chi connectivity index (χ1n) is 8.77. The molecule has 0 amide bonds. The number of nitrogens with one attached hydrogen (secondary N) is 1. The van der Waals surface area contributed by atoms with Crippen LogP contribution in [0.4, 0.5) is 11.5 Å². The first-order valence-corrected chi connectivity index (χ1v) is 8.77. The molecule has 1 aromatic heterocycles. The topological polar surface area (TPSA) is 108 Å². The quantitative estimate of drug-likeness (QED) is 0.561. The second-order valence-corrected chi connectivity index (χ2v) is 6.94. The van der Waals surface area contributed by atoms with Gasteiger partial charge in [-0.2, -0.15) is 0 Å². The van der Waals surface area contributed by atoms with Crippen molar-refractivity contribution in [3.8, 4) is 5.75 Å². The second kappa shape index (κ2) is 7.29. The Morgan fingerprint density at radius 3 is 2.77 bits per heavy atom. The zero-order valence-corrected chi connectivity index (χ0v) is 15.3. The van der Waals surface area contributed by atoms with Gasteiger partial charge in [-0.05, 0) is 45.4 Å². The van der Waals surface area contributed by atoms with Gasteiger partial charge in [-0.1, -0.05) is 0 Å². The Kier molecular flexibility index (Phi) is 5.08. The van der Waals surface area contributed by atoms with E-state index in [4.69, 9.17) is 15.9 Å². The summed E-state index contributed by atoms with van der Waals surface area (Å²) in [5.74, 6) is 1.37. The molecular formula is C19H25N5O2. The van der Waals surface area contributed by atoms with Gasteiger partial charge >= 0.3 is 0 Å². The van der Waals surface area contributed by atoms with Crippen LogP contribution in [-0.4, -0.2) is 45.6 Å². The third kappa shape index (κ3) is 3.77. The molecule has 3 rings (SSSR count). The molecule has 138 valence electrons. The van der Waals surface area contributed by atoms with Crippen molar-refractivity contribution in [2.24, 2.45) is 0 Å². The predicted octanol–water partition coefficient (Wildman–Crippen LogP) is 2.22. The lowest BCUT2D eigenvalue weighted by atomic mass is 10.0. The van der Waals surface area contributed by atoms with Crippen LogP contribution in [0.5, 0.6) is 5.75 Å². The maximum atomic E-state index is 9.87. The molecule has 0 spiro atoms. The molecule has 0 bridgehead atoms. The van der Waals surface area contributed by atoms with Gasteiger partial charge in [-0.15, -0.1) is 0 Å². The molecular weight excluding hydrogens is 330 g/mol. The van der Waals surface area contributed by atoms with Gasteiger partial charge in [0.15, 0.2) is 0 Å². The molecule has 7 nitrogen and oxygen atoms in total. The van der Waals surface area contributed by atoms with Crippen molar-refractivity contribution in [3.05, 3.63) is 41.9 Å². The fraction of sp³-hybridized carbons (Fsp3) is 0.421. The molecule has 1 aliphatic heterocycles. The molecule has 0 aliphatic carbocycles. The second-order valence-electron chi connectivity index (χ2n) is 6.94. The summed E-state index contributed by atoms with van der Waals surface area (Å²) in [6.45, 7) is 6.48. The highest BCUT2D eigenvalue weighted by Crippen LogP contribution is 2.26. The molecule has 4 N–H and O–H groups in total. The van der Waals surface area contributed by atoms with Gasteiger partial charge in [0.05, 0.1) is 23.6 Å². The van der Waals surface area contributed by atoms with E-state index in [0.29, 0.717) is 41.5 Å². The fourth-order valence-corrected chi connectivity index (χ4v) is 3.20. The molecule has 0 radical (unpaired) electrons. The minimum absolute atomic E-state index is 0.0365. The van der Waals surface area contributed by atoms with E-state index in [1.54, 1.807) is 24.3 Å². The molecule has 1 fully saturated rings. The van der Waals surface area contributed by atoms with E-state index in [1.807, 2.05) is 25.7 Å². The molecule has 7 heteroatoms. The summed E-state index contributed by atoms with van der Waals surface area (Å²) in [6.07, 6.45) is 1.83. The number of hydrogen-bond acceptors (Lipinski definition) is 7. The summed E-state index contributed by atoms with van der Waals surface area (Å²) >= 11 is 0. The number of hydrogen-bond donors (Lipinski definition) is 3. The lowest BCUT2D eigenvalue weighted by Crippen LogP contribution is -2.28. The zero-order valence-electron chi connectivity index (χ0n) is 15.3. The van der Waals surface area contributed by atoms with Crippen LogP contribution in [0, 0.1) is 5.41 Å². The van der Waals surface area contributed by atoms with Crippen LogP contribution < -0.4 is 15.4 Å². The van der Waals surface area contributed by atoms with E-state index in [9.17, 15) is 5.11 Å². The fourth-order valence-electron chi connectivity index (χ4n) is 3.20. The number of nitrogen functional groups attached to an aromatic ring is 1. The standard InChI is InChI=1S/C19H25N5O2/c1-11(2)26-14-4-5-16(20)15(7-14)19(21)17-8-18(23-10-22-17)24-9-13(25)6-12(24)3/h4-5,7-8,10-13,21,25H,6,9,20H2,1-3H3/t12-,13+/m0/s1. The number of β-amino-alcohol motifs (C(OH)–C–C–N with tert-alkyl or cyclic N) is 1. The summed E-state index contributed by atoms with van der Waals surface area (Å²) < 4.78 is 5.71. The molecule has 1 aliphatic rings. The van der Waals surface area contributed by atoms with Crippen LogP contribution in [-0.2, 0) is 0 Å². The van der Waals surface area contributed by atoms with Gasteiger partial charge in [0, 0.05) is 29.9 Å². The number of nitrogens with two attached hydrogens (primary N) is 1. The molecule has 0 unspecified atom stereocenters. The monoisotopic (exact) mass is 355 g/mol. The number of aromatic nitrogens is 2. The van der Waals surface area contributed by atoms with Crippen LogP contribution in [0.1, 0.15) is 38.4 Å². The van der Waals surface area contributed by atoms with Crippen LogP contribution in [0.25, 0.3) is 0 Å². The highest BCUT2D eigenvalue weighted by atomic mass is 16.5. The molecule has 1 saturated heterocycles. The van der Waals surface area contributed by atoms with Crippen molar-refractivity contribution >= 4 is 17.2 Å². The maximum absolute atomic E-state index is 9.87. The Hall–Kier alpha value is -2.67. The number of nitrogens with zero attached hydrogens (tertiary/aromatic N) is 3. The number of ether oxygens (including phenoxy) is 1. The summed E-state index contributed by atoms with van der Waals surface area (Å²) in [4.78, 5) is 10.6. The first kappa shape index (κ1) is 18.1. The van der Waals surface area contributed by atoms with E-state index < -0.39 is 0 Å². The SMILES string of the molecule is CC(C)Oc1ccc(N)c(C(=N)c2cc(N3C[C@H](O)C[C@@H]3C)ncn2)c1. The van der Waals surface area contributed by atoms with Crippen molar-refractivity contribution in [2.75, 3.05) is 17.2 Å². The van der Waals surface area contributed by atoms with Gasteiger partial charge in [-0.25, -0.2) is 9.97 Å². The van der Waals surface area contributed by atoms with Crippen LogP contribution in [0.15, 0.2) is 30.6 Å². The Morgan fingerprint density at radius 1 is 1.35 bits per heavy atom. The minimum Gasteiger partial charge on any atom is -0.491 e. The highest BCUT2D eigenvalue weighted by molar-refractivity contribution is 6.13. The van der Waals surface area contributed by atoms with Crippen LogP contribution >= 0.6 is 0 Å². The van der Waals surface area contributed by atoms with E-state index in [1.165, 1.54) is 6.33 Å². The van der Waals surface area contributed by atoms with E-state index >= 15 is 0 Å². The van der Waals surface area contributed by atoms with E-state index in [2.05, 4.69) is 9.97 Å². The third-order valence-corrected chi connectivity index (χ3v) is 4.42. The lowest BCUT2D eigenvalue weighted by Gasteiger charge is -2.22. The van der Waals surface area contributed by atoms with Crippen molar-refractivity contribution < 1.29 is 9.84 Å². The molecule has 2 aromatic rings. The highest BCUT2D eigenvalue weighted by Gasteiger charge is 2.29. The number of rotatable bonds is 5. The number of aliphatic hydroxyl groups is 1. The first-order chi connectivity index (χ1) is 12.3. The normalized spacial score (nSPS) is 19.8. The molecule has 2 heterocycles. The maximum Gasteiger partial charge on any atom is 0.132 e. The Labute approximate surface area is 153 Å². The number of anilines is 2. The van der Waals surface area contributed by atoms with Crippen molar-refractivity contribution in [1.29, 1.82) is 5.41 Å². The smallest absolute Gasteiger partial charge is 0.132 e. The molecule has 26 heavy (non-hydrogen) atoms. The lowest BCUT2D eigenvalue weighted by molar-refractivity contribution is 0.195. The number of benzene rings is 1. The summed E-state index contributed by atoms with van der Waals surface area (Å²) in [7, 11) is 0. The molecule has 2 atom stereocenters. The Bertz CT molecular complexity index is 808. The minimum atomic E-state index is -0.358.